The molecule has 0 amide bonds. The van der Waals surface area contributed by atoms with Crippen molar-refractivity contribution in [2.75, 3.05) is 0 Å². The maximum absolute atomic E-state index is 3.19. The Labute approximate surface area is 149 Å². The summed E-state index contributed by atoms with van der Waals surface area (Å²) in [6, 6.07) is 0. The van der Waals surface area contributed by atoms with E-state index in [2.05, 4.69) is 85.8 Å². The van der Waals surface area contributed by atoms with Crippen molar-refractivity contribution >= 4 is 28.6 Å². The molecular formula is C17H26Cl2Ti. The molecule has 0 aromatic carbocycles. The standard InChI is InChI=1S/2C7H9.C3H6.2ClH.Ti/c2*1-6-3-4-7(2)5-6;1-3-2;;;/h5H,3H2,1-2H3;3,5,7H,1-2H3;1-2H3;2*1H;/q2*-1;;;;+2. The number of hydrogen-bond donors (Lipinski definition) is 0. The molecular weight excluding hydrogens is 323 g/mol. The van der Waals surface area contributed by atoms with Crippen molar-refractivity contribution in [3.63, 3.8) is 0 Å². The zero-order chi connectivity index (χ0) is 14.1. The Kier molecular flexibility index (Phi) is 17.7. The summed E-state index contributed by atoms with van der Waals surface area (Å²) < 4.78 is 1.42. The predicted octanol–water partition coefficient (Wildman–Crippen LogP) is 5.62. The molecule has 0 spiro atoms. The van der Waals surface area contributed by atoms with Crippen LogP contribution < -0.4 is 0 Å². The molecule has 0 aromatic rings. The van der Waals surface area contributed by atoms with Gasteiger partial charge >= 0.3 is 37.6 Å². The Hall–Kier alpha value is 0.124. The summed E-state index contributed by atoms with van der Waals surface area (Å²) in [6.07, 6.45) is 13.8. The largest absolute Gasteiger partial charge is 0.147 e. The van der Waals surface area contributed by atoms with E-state index in [1.165, 1.54) is 20.5 Å². The van der Waals surface area contributed by atoms with Crippen molar-refractivity contribution in [3.05, 3.63) is 47.1 Å². The SMILES string of the molecule is CC1=CC(C)[C-]=C1.CC1=[C-]CC(C)=C1.C[C](C)=[Ti+2].Cl.Cl. The van der Waals surface area contributed by atoms with Crippen LogP contribution in [-0.2, 0) is 20.0 Å². The summed E-state index contributed by atoms with van der Waals surface area (Å²) in [6.45, 7) is 12.6. The van der Waals surface area contributed by atoms with E-state index in [0.29, 0.717) is 5.92 Å². The van der Waals surface area contributed by atoms with Gasteiger partial charge in [0.1, 0.15) is 0 Å². The van der Waals surface area contributed by atoms with Gasteiger partial charge in [-0.05, 0) is 0 Å². The first-order valence-electron chi connectivity index (χ1n) is 6.35. The van der Waals surface area contributed by atoms with Gasteiger partial charge in [-0.15, -0.1) is 38.2 Å². The molecule has 0 aromatic heterocycles. The van der Waals surface area contributed by atoms with Crippen LogP contribution in [0.4, 0.5) is 0 Å². The zero-order valence-corrected chi connectivity index (χ0v) is 16.5. The summed E-state index contributed by atoms with van der Waals surface area (Å²) in [5, 5.41) is 0. The fraction of sp³-hybridized carbons (Fsp3) is 0.471. The van der Waals surface area contributed by atoms with E-state index in [0.717, 1.165) is 6.42 Å². The predicted molar refractivity (Wildman–Crippen MR) is 92.4 cm³/mol. The molecule has 112 valence electrons. The molecule has 0 N–H and O–H groups in total. The molecule has 0 radical (unpaired) electrons. The van der Waals surface area contributed by atoms with Crippen LogP contribution in [0.15, 0.2) is 34.9 Å². The van der Waals surface area contributed by atoms with Crippen LogP contribution in [0.25, 0.3) is 0 Å². The number of hydrogen-bond acceptors (Lipinski definition) is 0. The van der Waals surface area contributed by atoms with Crippen molar-refractivity contribution in [1.29, 1.82) is 0 Å². The van der Waals surface area contributed by atoms with Crippen molar-refractivity contribution in [1.82, 2.24) is 0 Å². The van der Waals surface area contributed by atoms with Crippen LogP contribution in [0.3, 0.4) is 0 Å². The van der Waals surface area contributed by atoms with Gasteiger partial charge in [0.2, 0.25) is 0 Å². The third kappa shape index (κ3) is 16.2. The van der Waals surface area contributed by atoms with Crippen LogP contribution in [-0.4, -0.2) is 3.81 Å². The minimum absolute atomic E-state index is 0. The topological polar surface area (TPSA) is 0 Å². The van der Waals surface area contributed by atoms with Crippen molar-refractivity contribution in [2.24, 2.45) is 5.92 Å². The molecule has 20 heavy (non-hydrogen) atoms. The third-order valence-electron chi connectivity index (χ3n) is 2.20. The Balaban J connectivity index is -0.000000215. The van der Waals surface area contributed by atoms with E-state index in [-0.39, 0.29) is 24.8 Å². The van der Waals surface area contributed by atoms with Crippen molar-refractivity contribution in [2.45, 2.75) is 48.0 Å². The second-order valence-corrected chi connectivity index (χ2v) is 6.60. The molecule has 1 unspecified atom stereocenters. The van der Waals surface area contributed by atoms with Gasteiger partial charge in [0, 0.05) is 0 Å². The van der Waals surface area contributed by atoms with Crippen molar-refractivity contribution in [3.8, 4) is 0 Å². The smallest absolute Gasteiger partial charge is 0.147 e. The van der Waals surface area contributed by atoms with E-state index in [4.69, 9.17) is 0 Å². The molecule has 0 heterocycles. The van der Waals surface area contributed by atoms with Gasteiger partial charge in [0.25, 0.3) is 0 Å². The van der Waals surface area contributed by atoms with Gasteiger partial charge in [-0.2, -0.15) is 11.6 Å². The fourth-order valence-electron chi connectivity index (χ4n) is 1.50. The van der Waals surface area contributed by atoms with E-state index in [9.17, 15) is 0 Å². The quantitative estimate of drug-likeness (QED) is 0.394. The number of allylic oxidation sites excluding steroid dienone is 8. The summed E-state index contributed by atoms with van der Waals surface area (Å²) in [5.41, 5.74) is 4.06. The second-order valence-electron chi connectivity index (χ2n) is 5.04. The molecule has 0 saturated carbocycles. The van der Waals surface area contributed by atoms with E-state index in [1.807, 2.05) is 6.08 Å². The Bertz CT molecular complexity index is 397. The van der Waals surface area contributed by atoms with E-state index in [1.54, 1.807) is 0 Å². The van der Waals surface area contributed by atoms with Crippen LogP contribution in [0, 0.1) is 18.1 Å². The average Bonchev–Trinajstić information content (AvgIpc) is 2.76. The average molecular weight is 349 g/mol. The van der Waals surface area contributed by atoms with Gasteiger partial charge in [0.15, 0.2) is 0 Å². The molecule has 1 atom stereocenters. The van der Waals surface area contributed by atoms with Crippen molar-refractivity contribution < 1.29 is 20.0 Å². The van der Waals surface area contributed by atoms with Crippen LogP contribution in [0.2, 0.25) is 0 Å². The van der Waals surface area contributed by atoms with Crippen LogP contribution >= 0.6 is 24.8 Å². The first-order chi connectivity index (χ1) is 8.31. The molecule has 2 aliphatic rings. The Morgan fingerprint density at radius 3 is 1.80 bits per heavy atom. The monoisotopic (exact) mass is 348 g/mol. The second kappa shape index (κ2) is 14.1. The minimum atomic E-state index is 0. The molecule has 2 rings (SSSR count). The zero-order valence-electron chi connectivity index (χ0n) is 13.3. The van der Waals surface area contributed by atoms with Gasteiger partial charge in [-0.1, -0.05) is 26.7 Å². The third-order valence-corrected chi connectivity index (χ3v) is 2.20. The van der Waals surface area contributed by atoms with Gasteiger partial charge in [-0.25, -0.2) is 23.3 Å². The number of halogens is 2. The summed E-state index contributed by atoms with van der Waals surface area (Å²) in [4.78, 5) is 0. The first-order valence-corrected chi connectivity index (χ1v) is 7.13. The molecule has 0 fully saturated rings. The first kappa shape index (κ1) is 25.1. The summed E-state index contributed by atoms with van der Waals surface area (Å²) >= 11 is 2.08. The normalized spacial score (nSPS) is 18.0. The molecule has 0 nitrogen and oxygen atoms in total. The van der Waals surface area contributed by atoms with Crippen LogP contribution in [0.5, 0.6) is 0 Å². The molecule has 0 aliphatic heterocycles. The molecule has 2 aliphatic carbocycles. The maximum Gasteiger partial charge on any atom is -0.147 e. The Morgan fingerprint density at radius 2 is 1.70 bits per heavy atom. The van der Waals surface area contributed by atoms with E-state index >= 15 is 0 Å². The minimum Gasteiger partial charge on any atom is -0.147 e. The maximum atomic E-state index is 3.19. The van der Waals surface area contributed by atoms with Crippen LogP contribution in [0.1, 0.15) is 48.0 Å². The molecule has 0 saturated heterocycles. The Morgan fingerprint density at radius 1 is 1.20 bits per heavy atom. The van der Waals surface area contributed by atoms with Gasteiger partial charge in [-0.3, -0.25) is 12.2 Å². The summed E-state index contributed by atoms with van der Waals surface area (Å²) in [7, 11) is 0. The fourth-order valence-corrected chi connectivity index (χ4v) is 1.50. The molecule has 0 bridgehead atoms. The summed E-state index contributed by atoms with van der Waals surface area (Å²) in [5.74, 6) is 0.556. The van der Waals surface area contributed by atoms with E-state index < -0.39 is 0 Å². The number of rotatable bonds is 0. The molecule has 3 heteroatoms. The van der Waals surface area contributed by atoms with Gasteiger partial charge in [0.05, 0.1) is 0 Å². The van der Waals surface area contributed by atoms with Gasteiger partial charge < -0.3 is 0 Å².